The van der Waals surface area contributed by atoms with E-state index in [0.717, 1.165) is 41.4 Å². The van der Waals surface area contributed by atoms with Gasteiger partial charge in [-0.2, -0.15) is 0 Å². The smallest absolute Gasteiger partial charge is 0.242 e. The summed E-state index contributed by atoms with van der Waals surface area (Å²) in [5, 5.41) is 3.74. The number of benzene rings is 2. The molecule has 0 aromatic heterocycles. The summed E-state index contributed by atoms with van der Waals surface area (Å²) in [6, 6.07) is 17.4. The van der Waals surface area contributed by atoms with Crippen molar-refractivity contribution >= 4 is 35.2 Å². The fraction of sp³-hybridized carbons (Fsp3) is 0.462. The highest BCUT2D eigenvalue weighted by Crippen LogP contribution is 2.22. The number of carbonyl (C=O) groups excluding carboxylic acids is 2. The van der Waals surface area contributed by atoms with E-state index in [1.807, 2.05) is 49.4 Å². The fourth-order valence-electron chi connectivity index (χ4n) is 3.49. The van der Waals surface area contributed by atoms with Gasteiger partial charge in [-0.3, -0.25) is 9.59 Å². The predicted molar refractivity (Wildman–Crippen MR) is 135 cm³/mol. The molecule has 174 valence electrons. The Morgan fingerprint density at radius 3 is 2.41 bits per heavy atom. The minimum Gasteiger partial charge on any atom is -0.354 e. The number of carbonyl (C=O) groups is 2. The van der Waals surface area contributed by atoms with Crippen LogP contribution in [0.5, 0.6) is 0 Å². The Hall–Kier alpha value is -1.98. The van der Waals surface area contributed by atoms with Crippen LogP contribution in [0.15, 0.2) is 59.5 Å². The monoisotopic (exact) mass is 474 g/mol. The second kappa shape index (κ2) is 15.0. The number of unbranched alkanes of at least 4 members (excludes halogenated alkanes) is 1. The molecule has 0 aliphatic carbocycles. The molecule has 6 heteroatoms. The third kappa shape index (κ3) is 9.25. The van der Waals surface area contributed by atoms with Crippen molar-refractivity contribution < 1.29 is 9.59 Å². The Kier molecular flexibility index (Phi) is 12.3. The summed E-state index contributed by atoms with van der Waals surface area (Å²) < 4.78 is 0. The van der Waals surface area contributed by atoms with Crippen molar-refractivity contribution in [1.29, 1.82) is 0 Å². The van der Waals surface area contributed by atoms with Crippen LogP contribution in [0.25, 0.3) is 0 Å². The van der Waals surface area contributed by atoms with Gasteiger partial charge in [0.25, 0.3) is 0 Å². The molecule has 2 amide bonds. The number of hydrogen-bond donors (Lipinski definition) is 1. The molecule has 32 heavy (non-hydrogen) atoms. The summed E-state index contributed by atoms with van der Waals surface area (Å²) in [5.74, 6) is 0.854. The van der Waals surface area contributed by atoms with E-state index in [2.05, 4.69) is 24.4 Å². The van der Waals surface area contributed by atoms with Crippen molar-refractivity contribution in [2.75, 3.05) is 18.8 Å². The Balaban J connectivity index is 1.96. The number of amides is 2. The Morgan fingerprint density at radius 2 is 1.75 bits per heavy atom. The summed E-state index contributed by atoms with van der Waals surface area (Å²) in [6.07, 6.45) is 4.53. The minimum atomic E-state index is -0.424. The summed E-state index contributed by atoms with van der Waals surface area (Å²) in [7, 11) is 0. The number of thioether (sulfide) groups is 1. The lowest BCUT2D eigenvalue weighted by atomic mass is 10.1. The summed E-state index contributed by atoms with van der Waals surface area (Å²) >= 11 is 7.66. The van der Waals surface area contributed by atoms with Gasteiger partial charge in [-0.15, -0.1) is 11.8 Å². The van der Waals surface area contributed by atoms with Crippen LogP contribution >= 0.6 is 23.4 Å². The molecule has 2 aromatic carbocycles. The first-order chi connectivity index (χ1) is 15.5. The fourth-order valence-corrected chi connectivity index (χ4v) is 4.47. The van der Waals surface area contributed by atoms with E-state index in [0.29, 0.717) is 25.9 Å². The van der Waals surface area contributed by atoms with Gasteiger partial charge in [0, 0.05) is 29.4 Å². The van der Waals surface area contributed by atoms with E-state index in [1.165, 1.54) is 5.56 Å². The van der Waals surface area contributed by atoms with E-state index in [-0.39, 0.29) is 11.8 Å². The van der Waals surface area contributed by atoms with Crippen LogP contribution in [-0.4, -0.2) is 41.6 Å². The summed E-state index contributed by atoms with van der Waals surface area (Å²) in [5.41, 5.74) is 1.17. The van der Waals surface area contributed by atoms with Crippen LogP contribution in [0.4, 0.5) is 0 Å². The first kappa shape index (κ1) is 26.3. The van der Waals surface area contributed by atoms with Crippen LogP contribution in [0.1, 0.15) is 51.5 Å². The molecular weight excluding hydrogens is 440 g/mol. The molecule has 0 bridgehead atoms. The maximum Gasteiger partial charge on any atom is 0.242 e. The number of nitrogens with one attached hydrogen (secondary N) is 1. The third-order valence-corrected chi connectivity index (χ3v) is 6.67. The highest BCUT2D eigenvalue weighted by atomic mass is 35.5. The predicted octanol–water partition coefficient (Wildman–Crippen LogP) is 5.98. The molecule has 2 aromatic rings. The zero-order valence-corrected chi connectivity index (χ0v) is 20.8. The van der Waals surface area contributed by atoms with Crippen LogP contribution in [0.2, 0.25) is 5.02 Å². The van der Waals surface area contributed by atoms with Gasteiger partial charge in [-0.1, -0.05) is 62.2 Å². The Morgan fingerprint density at radius 1 is 1.03 bits per heavy atom. The van der Waals surface area contributed by atoms with Gasteiger partial charge in [-0.25, -0.2) is 0 Å². The van der Waals surface area contributed by atoms with E-state index in [1.54, 1.807) is 16.7 Å². The maximum absolute atomic E-state index is 13.2. The van der Waals surface area contributed by atoms with Crippen LogP contribution in [0.3, 0.4) is 0 Å². The molecular formula is C26H35ClN2O2S. The highest BCUT2D eigenvalue weighted by Gasteiger charge is 2.27. The second-order valence-corrected chi connectivity index (χ2v) is 9.40. The zero-order valence-electron chi connectivity index (χ0n) is 19.2. The van der Waals surface area contributed by atoms with Crippen LogP contribution < -0.4 is 5.32 Å². The number of nitrogens with zero attached hydrogens (tertiary/aromatic N) is 1. The van der Waals surface area contributed by atoms with Crippen molar-refractivity contribution in [2.24, 2.45) is 0 Å². The average molecular weight is 475 g/mol. The number of hydrogen-bond acceptors (Lipinski definition) is 3. The molecule has 0 aliphatic heterocycles. The lowest BCUT2D eigenvalue weighted by Gasteiger charge is -2.30. The van der Waals surface area contributed by atoms with E-state index >= 15 is 0 Å². The number of rotatable bonds is 14. The molecule has 4 nitrogen and oxygen atoms in total. The van der Waals surface area contributed by atoms with Crippen molar-refractivity contribution in [2.45, 2.75) is 63.3 Å². The lowest BCUT2D eigenvalue weighted by Crippen LogP contribution is -2.50. The molecule has 1 atom stereocenters. The normalized spacial score (nSPS) is 11.7. The van der Waals surface area contributed by atoms with E-state index in [4.69, 9.17) is 11.6 Å². The van der Waals surface area contributed by atoms with Crippen LogP contribution in [0, 0.1) is 0 Å². The zero-order chi connectivity index (χ0) is 23.2. The van der Waals surface area contributed by atoms with Crippen molar-refractivity contribution in [3.8, 4) is 0 Å². The Labute approximate surface area is 202 Å². The minimum absolute atomic E-state index is 0.0436. The average Bonchev–Trinajstić information content (AvgIpc) is 2.81. The molecule has 0 fully saturated rings. The molecule has 0 spiro atoms. The summed E-state index contributed by atoms with van der Waals surface area (Å²) in [4.78, 5) is 28.9. The van der Waals surface area contributed by atoms with Crippen molar-refractivity contribution in [3.63, 3.8) is 0 Å². The quantitative estimate of drug-likeness (QED) is 0.270. The van der Waals surface area contributed by atoms with Crippen molar-refractivity contribution in [1.82, 2.24) is 10.2 Å². The highest BCUT2D eigenvalue weighted by molar-refractivity contribution is 7.99. The van der Waals surface area contributed by atoms with Gasteiger partial charge < -0.3 is 10.2 Å². The molecule has 2 rings (SSSR count). The first-order valence-corrected chi connectivity index (χ1v) is 12.9. The van der Waals surface area contributed by atoms with Gasteiger partial charge in [0.05, 0.1) is 0 Å². The lowest BCUT2D eigenvalue weighted by molar-refractivity contribution is -0.140. The van der Waals surface area contributed by atoms with Gasteiger partial charge in [0.15, 0.2) is 0 Å². The Bertz CT molecular complexity index is 814. The topological polar surface area (TPSA) is 49.4 Å². The molecule has 0 saturated carbocycles. The molecule has 0 unspecified atom stereocenters. The van der Waals surface area contributed by atoms with E-state index in [9.17, 15) is 9.59 Å². The maximum atomic E-state index is 13.2. The SMILES string of the molecule is CCCCNC(=O)[C@H](CC)N(CCc1ccccc1)C(=O)CCCSc1ccc(Cl)cc1. The molecule has 1 N–H and O–H groups in total. The third-order valence-electron chi connectivity index (χ3n) is 5.32. The number of halogens is 1. The van der Waals surface area contributed by atoms with Crippen molar-refractivity contribution in [3.05, 3.63) is 65.2 Å². The first-order valence-electron chi connectivity index (χ1n) is 11.5. The second-order valence-electron chi connectivity index (χ2n) is 7.80. The molecule has 0 aliphatic rings. The van der Waals surface area contributed by atoms with Crippen LogP contribution in [-0.2, 0) is 16.0 Å². The molecule has 0 radical (unpaired) electrons. The molecule has 0 saturated heterocycles. The molecule has 0 heterocycles. The van der Waals surface area contributed by atoms with Gasteiger partial charge in [0.2, 0.25) is 11.8 Å². The van der Waals surface area contributed by atoms with Gasteiger partial charge in [-0.05, 0) is 61.3 Å². The summed E-state index contributed by atoms with van der Waals surface area (Å²) in [6.45, 7) is 5.28. The largest absolute Gasteiger partial charge is 0.354 e. The van der Waals surface area contributed by atoms with Gasteiger partial charge >= 0.3 is 0 Å². The standard InChI is InChI=1S/C26H35ClN2O2S/c1-3-5-18-28-26(31)24(4-2)29(19-17-21-10-7-6-8-11-21)25(30)12-9-20-32-23-15-13-22(27)14-16-23/h6-8,10-11,13-16,24H,3-5,9,12,17-20H2,1-2H3,(H,28,31)/t24-/m0/s1. The van der Waals surface area contributed by atoms with Gasteiger partial charge in [0.1, 0.15) is 6.04 Å². The van der Waals surface area contributed by atoms with E-state index < -0.39 is 6.04 Å².